The molecule has 0 fully saturated rings. The third kappa shape index (κ3) is 6.35. The fourth-order valence-corrected chi connectivity index (χ4v) is 4.03. The van der Waals surface area contributed by atoms with Crippen LogP contribution in [-0.4, -0.2) is 46.5 Å². The van der Waals surface area contributed by atoms with E-state index in [4.69, 9.17) is 4.74 Å². The van der Waals surface area contributed by atoms with E-state index in [0.29, 0.717) is 19.1 Å². The maximum atomic E-state index is 13.8. The van der Waals surface area contributed by atoms with Gasteiger partial charge in [-0.2, -0.15) is 0 Å². The number of benzene rings is 1. The van der Waals surface area contributed by atoms with Crippen LogP contribution < -0.4 is 10.1 Å². The molecule has 0 aliphatic carbocycles. The summed E-state index contributed by atoms with van der Waals surface area (Å²) in [7, 11) is 1.43. The second-order valence-corrected chi connectivity index (χ2v) is 8.19. The first-order valence-electron chi connectivity index (χ1n) is 8.79. The van der Waals surface area contributed by atoms with Crippen molar-refractivity contribution in [3.63, 3.8) is 0 Å². The van der Waals surface area contributed by atoms with Crippen LogP contribution in [0.5, 0.6) is 5.75 Å². The van der Waals surface area contributed by atoms with Crippen LogP contribution in [0.15, 0.2) is 22.5 Å². The summed E-state index contributed by atoms with van der Waals surface area (Å²) < 4.78 is 19.5. The van der Waals surface area contributed by atoms with Gasteiger partial charge in [0.15, 0.2) is 15.9 Å². The van der Waals surface area contributed by atoms with E-state index in [1.807, 2.05) is 6.92 Å². The molecule has 1 aromatic carbocycles. The van der Waals surface area contributed by atoms with E-state index < -0.39 is 5.82 Å². The second-order valence-electron chi connectivity index (χ2n) is 5.99. The van der Waals surface area contributed by atoms with Gasteiger partial charge in [0.2, 0.25) is 11.0 Å². The molecule has 9 heteroatoms. The van der Waals surface area contributed by atoms with Crippen LogP contribution in [0.4, 0.5) is 9.52 Å². The van der Waals surface area contributed by atoms with Gasteiger partial charge >= 0.3 is 0 Å². The molecule has 0 radical (unpaired) electrons. The lowest BCUT2D eigenvalue weighted by molar-refractivity contribution is -0.128. The minimum Gasteiger partial charge on any atom is -0.494 e. The fraction of sp³-hybridized carbons (Fsp3) is 0.500. The average Bonchev–Trinajstić information content (AvgIpc) is 3.11. The molecule has 1 atom stereocenters. The zero-order valence-corrected chi connectivity index (χ0v) is 17.6. The minimum atomic E-state index is -0.428. The Morgan fingerprint density at radius 1 is 1.41 bits per heavy atom. The quantitative estimate of drug-likeness (QED) is 0.594. The summed E-state index contributed by atoms with van der Waals surface area (Å²) >= 11 is 2.81. The van der Waals surface area contributed by atoms with Crippen LogP contribution in [0.2, 0.25) is 0 Å². The molecule has 6 nitrogen and oxygen atoms in total. The Balaban J connectivity index is 1.90. The number of rotatable bonds is 10. The maximum absolute atomic E-state index is 13.8. The molecule has 0 saturated carbocycles. The monoisotopic (exact) mass is 412 g/mol. The molecule has 0 spiro atoms. The number of thioether (sulfide) groups is 1. The number of hydrogen-bond acceptors (Lipinski definition) is 7. The molecule has 0 aliphatic heterocycles. The largest absolute Gasteiger partial charge is 0.494 e. The zero-order valence-electron chi connectivity index (χ0n) is 16.0. The molecule has 0 unspecified atom stereocenters. The fourth-order valence-electron chi connectivity index (χ4n) is 2.26. The molecule has 148 valence electrons. The van der Waals surface area contributed by atoms with Crippen molar-refractivity contribution < 1.29 is 13.9 Å². The standard InChI is InChI=1S/C18H25FN4O2S2/c1-5-12(3)20-17-21-22-18(27-17)26-11-16(24)23(6-2)10-13-7-8-15(25-4)14(19)9-13/h7-9,12H,5-6,10-11H2,1-4H3,(H,20,21)/t12-/m0/s1. The maximum Gasteiger partial charge on any atom is 0.233 e. The second kappa shape index (κ2) is 10.5. The minimum absolute atomic E-state index is 0.0228. The molecule has 1 heterocycles. The van der Waals surface area contributed by atoms with E-state index in [-0.39, 0.29) is 17.4 Å². The number of nitrogens with one attached hydrogen (secondary N) is 1. The first-order valence-corrected chi connectivity index (χ1v) is 10.6. The Hall–Kier alpha value is -1.87. The van der Waals surface area contributed by atoms with Gasteiger partial charge in [-0.1, -0.05) is 36.1 Å². The number of hydrogen-bond donors (Lipinski definition) is 1. The summed E-state index contributed by atoms with van der Waals surface area (Å²) in [6, 6.07) is 5.07. The van der Waals surface area contributed by atoms with Gasteiger partial charge in [0.25, 0.3) is 0 Å². The lowest BCUT2D eigenvalue weighted by Crippen LogP contribution is -2.31. The highest BCUT2D eigenvalue weighted by molar-refractivity contribution is 8.01. The number of amides is 1. The molecule has 27 heavy (non-hydrogen) atoms. The van der Waals surface area contributed by atoms with Crippen molar-refractivity contribution in [2.24, 2.45) is 0 Å². The zero-order chi connectivity index (χ0) is 19.8. The van der Waals surface area contributed by atoms with Gasteiger partial charge in [-0.15, -0.1) is 10.2 Å². The molecule has 0 bridgehead atoms. The summed E-state index contributed by atoms with van der Waals surface area (Å²) in [5, 5.41) is 12.2. The Morgan fingerprint density at radius 3 is 2.81 bits per heavy atom. The molecular formula is C18H25FN4O2S2. The predicted octanol–water partition coefficient (Wildman–Crippen LogP) is 4.04. The molecule has 2 aromatic rings. The smallest absolute Gasteiger partial charge is 0.233 e. The third-order valence-corrected chi connectivity index (χ3v) is 6.00. The summed E-state index contributed by atoms with van der Waals surface area (Å²) in [6.07, 6.45) is 0.998. The highest BCUT2D eigenvalue weighted by atomic mass is 32.2. The highest BCUT2D eigenvalue weighted by Gasteiger charge is 2.15. The number of methoxy groups -OCH3 is 1. The van der Waals surface area contributed by atoms with Crippen molar-refractivity contribution >= 4 is 34.1 Å². The number of halogens is 1. The first-order chi connectivity index (χ1) is 13.0. The van der Waals surface area contributed by atoms with Gasteiger partial charge in [-0.05, 0) is 38.0 Å². The lowest BCUT2D eigenvalue weighted by atomic mass is 10.2. The molecule has 2 rings (SSSR count). The van der Waals surface area contributed by atoms with Gasteiger partial charge in [-0.3, -0.25) is 4.79 Å². The number of carbonyl (C=O) groups excluding carboxylic acids is 1. The van der Waals surface area contributed by atoms with Crippen molar-refractivity contribution in [3.8, 4) is 5.75 Å². The van der Waals surface area contributed by atoms with Crippen LogP contribution in [0, 0.1) is 5.82 Å². The number of ether oxygens (including phenoxy) is 1. The molecule has 1 amide bonds. The highest BCUT2D eigenvalue weighted by Crippen LogP contribution is 2.26. The van der Waals surface area contributed by atoms with Crippen molar-refractivity contribution in [1.82, 2.24) is 15.1 Å². The Morgan fingerprint density at radius 2 is 2.19 bits per heavy atom. The van der Waals surface area contributed by atoms with E-state index in [9.17, 15) is 9.18 Å². The number of carbonyl (C=O) groups is 1. The molecule has 1 aromatic heterocycles. The Labute approximate surface area is 167 Å². The van der Waals surface area contributed by atoms with Crippen LogP contribution in [0.1, 0.15) is 32.8 Å². The molecule has 0 aliphatic rings. The van der Waals surface area contributed by atoms with E-state index in [2.05, 4.69) is 29.4 Å². The Kier molecular flexibility index (Phi) is 8.30. The molecule has 1 N–H and O–H groups in total. The van der Waals surface area contributed by atoms with Gasteiger partial charge in [0.05, 0.1) is 12.9 Å². The van der Waals surface area contributed by atoms with Crippen LogP contribution in [-0.2, 0) is 11.3 Å². The van der Waals surface area contributed by atoms with Gasteiger partial charge in [-0.25, -0.2) is 4.39 Å². The number of anilines is 1. The number of aromatic nitrogens is 2. The van der Waals surface area contributed by atoms with Crippen LogP contribution >= 0.6 is 23.1 Å². The average molecular weight is 413 g/mol. The van der Waals surface area contributed by atoms with E-state index in [1.165, 1.54) is 36.3 Å². The van der Waals surface area contributed by atoms with Crippen LogP contribution in [0.25, 0.3) is 0 Å². The lowest BCUT2D eigenvalue weighted by Gasteiger charge is -2.21. The van der Waals surface area contributed by atoms with E-state index in [0.717, 1.165) is 21.5 Å². The van der Waals surface area contributed by atoms with Gasteiger partial charge in [0.1, 0.15) is 0 Å². The van der Waals surface area contributed by atoms with E-state index in [1.54, 1.807) is 17.0 Å². The predicted molar refractivity (Wildman–Crippen MR) is 108 cm³/mol. The summed E-state index contributed by atoms with van der Waals surface area (Å²) in [6.45, 7) is 6.99. The topological polar surface area (TPSA) is 67.4 Å². The van der Waals surface area contributed by atoms with Gasteiger partial charge in [0, 0.05) is 19.1 Å². The summed E-state index contributed by atoms with van der Waals surface area (Å²) in [5.41, 5.74) is 0.726. The van der Waals surface area contributed by atoms with Crippen molar-refractivity contribution in [1.29, 1.82) is 0 Å². The van der Waals surface area contributed by atoms with Crippen molar-refractivity contribution in [3.05, 3.63) is 29.6 Å². The first kappa shape index (κ1) is 21.4. The third-order valence-electron chi connectivity index (χ3n) is 4.03. The van der Waals surface area contributed by atoms with Crippen molar-refractivity contribution in [2.45, 2.75) is 44.1 Å². The van der Waals surface area contributed by atoms with Crippen LogP contribution in [0.3, 0.4) is 0 Å². The van der Waals surface area contributed by atoms with Crippen molar-refractivity contribution in [2.75, 3.05) is 24.7 Å². The summed E-state index contributed by atoms with van der Waals surface area (Å²) in [5.74, 6) is 0.0138. The van der Waals surface area contributed by atoms with Gasteiger partial charge < -0.3 is 15.0 Å². The summed E-state index contributed by atoms with van der Waals surface area (Å²) in [4.78, 5) is 14.2. The van der Waals surface area contributed by atoms with E-state index >= 15 is 0 Å². The number of nitrogens with zero attached hydrogens (tertiary/aromatic N) is 3. The SMILES string of the molecule is CC[C@H](C)Nc1nnc(SCC(=O)N(CC)Cc2ccc(OC)c(F)c2)s1. The normalized spacial score (nSPS) is 11.9. The molecular weight excluding hydrogens is 387 g/mol. The Bertz CT molecular complexity index is 757. The molecule has 0 saturated heterocycles.